The predicted octanol–water partition coefficient (Wildman–Crippen LogP) is 3.58. The predicted molar refractivity (Wildman–Crippen MR) is 77.0 cm³/mol. The third-order valence-corrected chi connectivity index (χ3v) is 4.31. The molecule has 0 bridgehead atoms. The van der Waals surface area contributed by atoms with E-state index in [4.69, 9.17) is 14.7 Å². The molecule has 0 saturated heterocycles. The lowest BCUT2D eigenvalue weighted by Crippen LogP contribution is -2.11. The summed E-state index contributed by atoms with van der Waals surface area (Å²) in [6.07, 6.45) is 7.77. The van der Waals surface area contributed by atoms with Crippen molar-refractivity contribution in [1.29, 1.82) is 0 Å². The molecule has 2 aliphatic carbocycles. The van der Waals surface area contributed by atoms with Crippen molar-refractivity contribution in [1.82, 2.24) is 0 Å². The van der Waals surface area contributed by atoms with E-state index in [1.165, 1.54) is 18.4 Å². The minimum Gasteiger partial charge on any atom is -0.493 e. The molecule has 0 unspecified atom stereocenters. The van der Waals surface area contributed by atoms with Crippen molar-refractivity contribution >= 4 is 6.21 Å². The SMILES string of the molecule is COc1ccc([C@@H]2C[C@H]2C=NO)cc1OC1CCCC1. The first kappa shape index (κ1) is 13.3. The van der Waals surface area contributed by atoms with Crippen LogP contribution in [0.2, 0.25) is 0 Å². The summed E-state index contributed by atoms with van der Waals surface area (Å²) in [7, 11) is 1.68. The van der Waals surface area contributed by atoms with Gasteiger partial charge in [-0.3, -0.25) is 0 Å². The second-order valence-corrected chi connectivity index (χ2v) is 5.71. The van der Waals surface area contributed by atoms with E-state index >= 15 is 0 Å². The van der Waals surface area contributed by atoms with E-state index in [2.05, 4.69) is 17.3 Å². The van der Waals surface area contributed by atoms with E-state index < -0.39 is 0 Å². The Hall–Kier alpha value is -1.71. The van der Waals surface area contributed by atoms with Gasteiger partial charge in [0.1, 0.15) is 0 Å². The molecule has 0 aromatic heterocycles. The summed E-state index contributed by atoms with van der Waals surface area (Å²) in [5.74, 6) is 2.45. The van der Waals surface area contributed by atoms with E-state index in [9.17, 15) is 0 Å². The van der Waals surface area contributed by atoms with Crippen molar-refractivity contribution in [3.63, 3.8) is 0 Å². The van der Waals surface area contributed by atoms with Crippen molar-refractivity contribution in [2.45, 2.75) is 44.1 Å². The number of benzene rings is 1. The fourth-order valence-electron chi connectivity index (χ4n) is 3.05. The Labute approximate surface area is 119 Å². The molecule has 20 heavy (non-hydrogen) atoms. The Balaban J connectivity index is 1.76. The van der Waals surface area contributed by atoms with E-state index in [-0.39, 0.29) is 0 Å². The highest BCUT2D eigenvalue weighted by Gasteiger charge is 2.37. The second kappa shape index (κ2) is 5.73. The van der Waals surface area contributed by atoms with Crippen LogP contribution in [-0.2, 0) is 0 Å². The first-order valence-corrected chi connectivity index (χ1v) is 7.34. The molecule has 2 atom stereocenters. The third kappa shape index (κ3) is 2.74. The molecule has 0 aliphatic heterocycles. The Morgan fingerprint density at radius 2 is 2.05 bits per heavy atom. The molecular formula is C16H21NO3. The average Bonchev–Trinajstić information content (AvgIpc) is 3.04. The van der Waals surface area contributed by atoms with Gasteiger partial charge in [-0.1, -0.05) is 6.07 Å². The van der Waals surface area contributed by atoms with Crippen LogP contribution in [0, 0.1) is 5.92 Å². The largest absolute Gasteiger partial charge is 0.493 e. The number of methoxy groups -OCH3 is 1. The van der Waals surface area contributed by atoms with Crippen molar-refractivity contribution in [3.8, 4) is 11.5 Å². The highest BCUT2D eigenvalue weighted by atomic mass is 16.5. The lowest BCUT2D eigenvalue weighted by atomic mass is 10.1. The summed E-state index contributed by atoms with van der Waals surface area (Å²) < 4.78 is 11.5. The molecule has 0 spiro atoms. The lowest BCUT2D eigenvalue weighted by Gasteiger charge is -2.16. The summed E-state index contributed by atoms with van der Waals surface area (Å²) in [5, 5.41) is 11.7. The van der Waals surface area contributed by atoms with Crippen LogP contribution in [0.5, 0.6) is 11.5 Å². The molecule has 108 valence electrons. The molecule has 1 aromatic rings. The zero-order valence-corrected chi connectivity index (χ0v) is 11.8. The zero-order valence-electron chi connectivity index (χ0n) is 11.8. The van der Waals surface area contributed by atoms with Gasteiger partial charge in [-0.2, -0.15) is 0 Å². The minimum atomic E-state index is 0.327. The highest BCUT2D eigenvalue weighted by Crippen LogP contribution is 2.48. The molecule has 2 saturated carbocycles. The van der Waals surface area contributed by atoms with Crippen LogP contribution in [0.1, 0.15) is 43.6 Å². The van der Waals surface area contributed by atoms with E-state index in [0.717, 1.165) is 30.8 Å². The van der Waals surface area contributed by atoms with Crippen molar-refractivity contribution < 1.29 is 14.7 Å². The monoisotopic (exact) mass is 275 g/mol. The highest BCUT2D eigenvalue weighted by molar-refractivity contribution is 5.66. The quantitative estimate of drug-likeness (QED) is 0.507. The molecule has 0 heterocycles. The Bertz CT molecular complexity index is 494. The van der Waals surface area contributed by atoms with Gasteiger partial charge in [-0.05, 0) is 55.7 Å². The van der Waals surface area contributed by atoms with Gasteiger partial charge in [0.05, 0.1) is 13.2 Å². The maximum Gasteiger partial charge on any atom is 0.161 e. The van der Waals surface area contributed by atoms with Gasteiger partial charge in [0.2, 0.25) is 0 Å². The zero-order chi connectivity index (χ0) is 13.9. The minimum absolute atomic E-state index is 0.327. The van der Waals surface area contributed by atoms with Crippen molar-refractivity contribution in [3.05, 3.63) is 23.8 Å². The van der Waals surface area contributed by atoms with E-state index in [1.54, 1.807) is 13.3 Å². The molecule has 3 rings (SSSR count). The summed E-state index contributed by atoms with van der Waals surface area (Å²) >= 11 is 0. The van der Waals surface area contributed by atoms with Gasteiger partial charge >= 0.3 is 0 Å². The van der Waals surface area contributed by atoms with Crippen molar-refractivity contribution in [2.75, 3.05) is 7.11 Å². The Morgan fingerprint density at radius 1 is 1.25 bits per heavy atom. The summed E-state index contributed by atoms with van der Waals surface area (Å²) in [6.45, 7) is 0. The molecule has 2 fully saturated rings. The molecule has 4 nitrogen and oxygen atoms in total. The molecular weight excluding hydrogens is 254 g/mol. The van der Waals surface area contributed by atoms with Gasteiger partial charge in [-0.15, -0.1) is 5.16 Å². The first-order chi connectivity index (χ1) is 9.81. The third-order valence-electron chi connectivity index (χ3n) is 4.31. The molecule has 1 N–H and O–H groups in total. The number of oxime groups is 1. The van der Waals surface area contributed by atoms with E-state index in [1.807, 2.05) is 6.07 Å². The number of hydrogen-bond acceptors (Lipinski definition) is 4. The van der Waals surface area contributed by atoms with Crippen LogP contribution < -0.4 is 9.47 Å². The van der Waals surface area contributed by atoms with Crippen LogP contribution in [0.25, 0.3) is 0 Å². The number of rotatable bonds is 5. The van der Waals surface area contributed by atoms with Gasteiger partial charge in [0, 0.05) is 12.1 Å². The lowest BCUT2D eigenvalue weighted by molar-refractivity contribution is 0.200. The Morgan fingerprint density at radius 3 is 2.75 bits per heavy atom. The normalized spacial score (nSPS) is 26.1. The van der Waals surface area contributed by atoms with Crippen LogP contribution in [-0.4, -0.2) is 24.6 Å². The number of ether oxygens (including phenoxy) is 2. The summed E-state index contributed by atoms with van der Waals surface area (Å²) in [6, 6.07) is 6.15. The standard InChI is InChI=1S/C16H21NO3/c1-19-15-7-6-11(14-8-12(14)10-17-18)9-16(15)20-13-4-2-3-5-13/h6-7,9-10,12-14,18H,2-5,8H2,1H3/t12-,14-/m0/s1. The topological polar surface area (TPSA) is 51.0 Å². The first-order valence-electron chi connectivity index (χ1n) is 7.34. The van der Waals surface area contributed by atoms with Gasteiger partial charge in [0.25, 0.3) is 0 Å². The average molecular weight is 275 g/mol. The molecule has 0 radical (unpaired) electrons. The van der Waals surface area contributed by atoms with Crippen LogP contribution in [0.3, 0.4) is 0 Å². The fourth-order valence-corrected chi connectivity index (χ4v) is 3.05. The maximum atomic E-state index is 8.59. The van der Waals surface area contributed by atoms with Crippen LogP contribution >= 0.6 is 0 Å². The van der Waals surface area contributed by atoms with Crippen LogP contribution in [0.15, 0.2) is 23.4 Å². The number of nitrogens with zero attached hydrogens (tertiary/aromatic N) is 1. The van der Waals surface area contributed by atoms with Crippen molar-refractivity contribution in [2.24, 2.45) is 11.1 Å². The Kier molecular flexibility index (Phi) is 3.81. The van der Waals surface area contributed by atoms with Gasteiger partial charge in [-0.25, -0.2) is 0 Å². The number of hydrogen-bond donors (Lipinski definition) is 1. The molecule has 2 aliphatic rings. The fraction of sp³-hybridized carbons (Fsp3) is 0.562. The summed E-state index contributed by atoms with van der Waals surface area (Å²) in [5.41, 5.74) is 1.24. The molecule has 1 aromatic carbocycles. The van der Waals surface area contributed by atoms with E-state index in [0.29, 0.717) is 17.9 Å². The smallest absolute Gasteiger partial charge is 0.161 e. The van der Waals surface area contributed by atoms with Gasteiger partial charge in [0.15, 0.2) is 11.5 Å². The second-order valence-electron chi connectivity index (χ2n) is 5.71. The maximum absolute atomic E-state index is 8.59. The molecule has 4 heteroatoms. The molecule has 0 amide bonds. The van der Waals surface area contributed by atoms with Crippen LogP contribution in [0.4, 0.5) is 0 Å². The summed E-state index contributed by atoms with van der Waals surface area (Å²) in [4.78, 5) is 0. The van der Waals surface area contributed by atoms with Gasteiger partial charge < -0.3 is 14.7 Å².